The van der Waals surface area contributed by atoms with Crippen LogP contribution >= 0.6 is 0 Å². The molecule has 0 aliphatic carbocycles. The van der Waals surface area contributed by atoms with E-state index in [0.717, 1.165) is 17.5 Å². The van der Waals surface area contributed by atoms with Gasteiger partial charge in [0.25, 0.3) is 0 Å². The Morgan fingerprint density at radius 1 is 1.21 bits per heavy atom. The first kappa shape index (κ1) is 15.1. The lowest BCUT2D eigenvalue weighted by molar-refractivity contribution is -0.119. The zero-order valence-corrected chi connectivity index (χ0v) is 13.6. The second kappa shape index (κ2) is 5.87. The molecule has 4 rings (SSSR count). The van der Waals surface area contributed by atoms with Crippen molar-refractivity contribution in [3.8, 4) is 0 Å². The van der Waals surface area contributed by atoms with Crippen LogP contribution in [0.4, 0.5) is 4.39 Å². The lowest BCUT2D eigenvalue weighted by atomic mass is 9.96. The van der Waals surface area contributed by atoms with E-state index in [1.54, 1.807) is 6.92 Å². The number of ketones is 1. The molecule has 0 spiro atoms. The highest BCUT2D eigenvalue weighted by molar-refractivity contribution is 5.88. The maximum Gasteiger partial charge on any atom is 0.147 e. The van der Waals surface area contributed by atoms with Crippen LogP contribution in [0.25, 0.3) is 10.9 Å². The number of nitrogens with one attached hydrogen (secondary N) is 1. The van der Waals surface area contributed by atoms with Gasteiger partial charge in [0, 0.05) is 29.7 Å². The first-order valence-electron chi connectivity index (χ1n) is 8.21. The van der Waals surface area contributed by atoms with Crippen LogP contribution in [0.1, 0.15) is 23.7 Å². The molecule has 2 heterocycles. The summed E-state index contributed by atoms with van der Waals surface area (Å²) in [6, 6.07) is 14.8. The monoisotopic (exact) mass is 322 g/mol. The molecule has 1 aliphatic heterocycles. The van der Waals surface area contributed by atoms with E-state index in [1.807, 2.05) is 24.3 Å². The van der Waals surface area contributed by atoms with Crippen LogP contribution in [-0.2, 0) is 24.3 Å². The van der Waals surface area contributed by atoms with E-state index in [4.69, 9.17) is 0 Å². The highest BCUT2D eigenvalue weighted by atomic mass is 19.1. The van der Waals surface area contributed by atoms with Crippen molar-refractivity contribution in [1.29, 1.82) is 0 Å². The number of benzene rings is 2. The Hall–Kier alpha value is -2.46. The minimum atomic E-state index is -0.218. The smallest absolute Gasteiger partial charge is 0.147 e. The van der Waals surface area contributed by atoms with Crippen molar-refractivity contribution >= 4 is 16.7 Å². The third-order valence-electron chi connectivity index (χ3n) is 4.86. The summed E-state index contributed by atoms with van der Waals surface area (Å²) >= 11 is 0. The Labute approximate surface area is 140 Å². The predicted octanol–water partition coefficient (Wildman–Crippen LogP) is 3.43. The third-order valence-corrected chi connectivity index (χ3v) is 4.86. The highest BCUT2D eigenvalue weighted by Gasteiger charge is 2.26. The zero-order valence-electron chi connectivity index (χ0n) is 13.6. The summed E-state index contributed by atoms with van der Waals surface area (Å²) in [6.07, 6.45) is 0.724. The summed E-state index contributed by atoms with van der Waals surface area (Å²) in [4.78, 5) is 11.8. The molecule has 1 atom stereocenters. The van der Waals surface area contributed by atoms with Crippen molar-refractivity contribution < 1.29 is 9.18 Å². The van der Waals surface area contributed by atoms with Gasteiger partial charge < -0.3 is 9.88 Å². The molecule has 3 aromatic rings. The van der Waals surface area contributed by atoms with Crippen molar-refractivity contribution in [2.45, 2.75) is 32.5 Å². The van der Waals surface area contributed by atoms with Gasteiger partial charge in [0.2, 0.25) is 0 Å². The van der Waals surface area contributed by atoms with Crippen molar-refractivity contribution in [2.75, 3.05) is 0 Å². The molecule has 2 aromatic carbocycles. The molecule has 0 amide bonds. The Morgan fingerprint density at radius 3 is 2.71 bits per heavy atom. The molecule has 0 saturated carbocycles. The van der Waals surface area contributed by atoms with Gasteiger partial charge in [-0.25, -0.2) is 4.39 Å². The molecule has 0 bridgehead atoms. The molecule has 0 saturated heterocycles. The molecule has 1 aromatic heterocycles. The lowest BCUT2D eigenvalue weighted by Crippen LogP contribution is -2.41. The summed E-state index contributed by atoms with van der Waals surface area (Å²) in [5.74, 6) is -0.0416. The van der Waals surface area contributed by atoms with Gasteiger partial charge in [-0.05, 0) is 42.7 Å². The highest BCUT2D eigenvalue weighted by Crippen LogP contribution is 2.30. The normalized spacial score (nSPS) is 17.0. The fourth-order valence-corrected chi connectivity index (χ4v) is 3.59. The fourth-order valence-electron chi connectivity index (χ4n) is 3.59. The minimum absolute atomic E-state index is 0.109. The van der Waals surface area contributed by atoms with E-state index >= 15 is 0 Å². The quantitative estimate of drug-likeness (QED) is 0.801. The summed E-state index contributed by atoms with van der Waals surface area (Å²) in [6.45, 7) is 3.01. The van der Waals surface area contributed by atoms with E-state index in [-0.39, 0.29) is 17.6 Å². The molecular weight excluding hydrogens is 303 g/mol. The maximum absolute atomic E-state index is 13.2. The average Bonchev–Trinajstić information content (AvgIpc) is 2.90. The third kappa shape index (κ3) is 2.53. The van der Waals surface area contributed by atoms with E-state index in [1.165, 1.54) is 28.8 Å². The van der Waals surface area contributed by atoms with Crippen molar-refractivity contribution in [3.63, 3.8) is 0 Å². The Kier molecular flexibility index (Phi) is 3.69. The Morgan fingerprint density at radius 2 is 1.96 bits per heavy atom. The SMILES string of the molecule is CC(=O)C1Cc2c(n(Cc3ccc(F)cc3)c3ccccc23)CN1. The zero-order chi connectivity index (χ0) is 16.7. The van der Waals surface area contributed by atoms with Gasteiger partial charge in [-0.1, -0.05) is 30.3 Å². The van der Waals surface area contributed by atoms with Gasteiger partial charge in [0.15, 0.2) is 0 Å². The largest absolute Gasteiger partial charge is 0.339 e. The summed E-state index contributed by atoms with van der Waals surface area (Å²) in [5.41, 5.74) is 4.70. The van der Waals surface area contributed by atoms with E-state index < -0.39 is 0 Å². The number of hydrogen-bond acceptors (Lipinski definition) is 2. The second-order valence-corrected chi connectivity index (χ2v) is 6.40. The van der Waals surface area contributed by atoms with Gasteiger partial charge in [0.1, 0.15) is 11.6 Å². The summed E-state index contributed by atoms with van der Waals surface area (Å²) < 4.78 is 15.4. The summed E-state index contributed by atoms with van der Waals surface area (Å²) in [7, 11) is 0. The van der Waals surface area contributed by atoms with E-state index in [0.29, 0.717) is 13.1 Å². The Bertz CT molecular complexity index is 911. The van der Waals surface area contributed by atoms with Crippen molar-refractivity contribution in [3.05, 3.63) is 71.2 Å². The van der Waals surface area contributed by atoms with Crippen LogP contribution in [0.5, 0.6) is 0 Å². The molecular formula is C20H19FN2O. The number of carbonyl (C=O) groups excluding carboxylic acids is 1. The number of para-hydroxylation sites is 1. The topological polar surface area (TPSA) is 34.0 Å². The molecule has 1 unspecified atom stereocenters. The van der Waals surface area contributed by atoms with E-state index in [9.17, 15) is 9.18 Å². The number of rotatable bonds is 3. The van der Waals surface area contributed by atoms with E-state index in [2.05, 4.69) is 22.0 Å². The number of hydrogen-bond donors (Lipinski definition) is 1. The lowest BCUT2D eigenvalue weighted by Gasteiger charge is -2.24. The number of Topliss-reactive ketones (excluding diaryl/α,β-unsaturated/α-hetero) is 1. The van der Waals surface area contributed by atoms with Gasteiger partial charge >= 0.3 is 0 Å². The number of nitrogens with zero attached hydrogens (tertiary/aromatic N) is 1. The van der Waals surface area contributed by atoms with Crippen LogP contribution in [0, 0.1) is 5.82 Å². The van der Waals surface area contributed by atoms with Gasteiger partial charge in [-0.3, -0.25) is 4.79 Å². The number of aromatic nitrogens is 1. The van der Waals surface area contributed by atoms with Gasteiger partial charge in [-0.2, -0.15) is 0 Å². The van der Waals surface area contributed by atoms with Gasteiger partial charge in [0.05, 0.1) is 6.04 Å². The Balaban J connectivity index is 1.81. The standard InChI is InChI=1S/C20H19FN2O/c1-13(24)18-10-17-16-4-2-3-5-19(16)23(20(17)11-22-18)12-14-6-8-15(21)9-7-14/h2-9,18,22H,10-12H2,1H3. The van der Waals surface area contributed by atoms with Gasteiger partial charge in [-0.15, -0.1) is 0 Å². The molecule has 24 heavy (non-hydrogen) atoms. The fraction of sp³-hybridized carbons (Fsp3) is 0.250. The molecule has 1 aliphatic rings. The number of fused-ring (bicyclic) bond motifs is 3. The molecule has 1 N–H and O–H groups in total. The predicted molar refractivity (Wildman–Crippen MR) is 92.5 cm³/mol. The number of carbonyl (C=O) groups is 1. The van der Waals surface area contributed by atoms with Crippen LogP contribution < -0.4 is 5.32 Å². The first-order valence-corrected chi connectivity index (χ1v) is 8.21. The van der Waals surface area contributed by atoms with Crippen LogP contribution in [0.15, 0.2) is 48.5 Å². The molecule has 122 valence electrons. The summed E-state index contributed by atoms with van der Waals surface area (Å²) in [5, 5.41) is 4.55. The average molecular weight is 322 g/mol. The molecule has 0 radical (unpaired) electrons. The van der Waals surface area contributed by atoms with Crippen molar-refractivity contribution in [1.82, 2.24) is 9.88 Å². The minimum Gasteiger partial charge on any atom is -0.339 e. The van der Waals surface area contributed by atoms with Crippen molar-refractivity contribution in [2.24, 2.45) is 0 Å². The maximum atomic E-state index is 13.2. The molecule has 3 nitrogen and oxygen atoms in total. The van der Waals surface area contributed by atoms with Crippen LogP contribution in [0.3, 0.4) is 0 Å². The second-order valence-electron chi connectivity index (χ2n) is 6.40. The van der Waals surface area contributed by atoms with Crippen LogP contribution in [-0.4, -0.2) is 16.4 Å². The van der Waals surface area contributed by atoms with Crippen LogP contribution in [0.2, 0.25) is 0 Å². The molecule has 0 fully saturated rings. The number of halogens is 1. The molecule has 4 heteroatoms. The first-order chi connectivity index (χ1) is 11.6.